The highest BCUT2D eigenvalue weighted by molar-refractivity contribution is 8.00. The number of nitrogens with zero attached hydrogens (tertiary/aromatic N) is 3. The molecule has 9 heteroatoms. The first kappa shape index (κ1) is 21.4. The lowest BCUT2D eigenvalue weighted by atomic mass is 10.2. The highest BCUT2D eigenvalue weighted by Gasteiger charge is 2.29. The predicted octanol–water partition coefficient (Wildman–Crippen LogP) is 3.77. The molecule has 5 nitrogen and oxygen atoms in total. The van der Waals surface area contributed by atoms with E-state index in [2.05, 4.69) is 27.0 Å². The van der Waals surface area contributed by atoms with Crippen molar-refractivity contribution in [3.8, 4) is 0 Å². The van der Waals surface area contributed by atoms with Crippen LogP contribution in [0.15, 0.2) is 47.5 Å². The molecule has 2 aromatic rings. The van der Waals surface area contributed by atoms with E-state index in [-0.39, 0.29) is 22.6 Å². The summed E-state index contributed by atoms with van der Waals surface area (Å²) in [6.07, 6.45) is 1.74. The van der Waals surface area contributed by atoms with E-state index in [4.69, 9.17) is 0 Å². The highest BCUT2D eigenvalue weighted by atomic mass is 32.2. The number of halogens is 3. The zero-order valence-electron chi connectivity index (χ0n) is 16.1. The number of likely N-dealkylation sites (N-methyl/N-ethyl adjacent to an activating group) is 1. The van der Waals surface area contributed by atoms with Crippen LogP contribution >= 0.6 is 11.8 Å². The third-order valence-electron chi connectivity index (χ3n) is 4.76. The van der Waals surface area contributed by atoms with Gasteiger partial charge < -0.3 is 15.1 Å². The average Bonchev–Trinajstić information content (AvgIpc) is 2.72. The molecule has 0 atom stereocenters. The second-order valence-electron chi connectivity index (χ2n) is 6.70. The van der Waals surface area contributed by atoms with E-state index in [0.717, 1.165) is 44.1 Å². The molecule has 1 N–H and O–H groups in total. The Kier molecular flexibility index (Phi) is 7.02. The van der Waals surface area contributed by atoms with Crippen LogP contribution in [0, 0.1) is 0 Å². The van der Waals surface area contributed by atoms with Gasteiger partial charge in [-0.1, -0.05) is 13.0 Å². The molecule has 0 radical (unpaired) electrons. The molecule has 0 spiro atoms. The molecular formula is C20H23F3N4OS. The van der Waals surface area contributed by atoms with Crippen LogP contribution in [0.5, 0.6) is 0 Å². The Balaban J connectivity index is 1.50. The molecule has 29 heavy (non-hydrogen) atoms. The Morgan fingerprint density at radius 3 is 2.34 bits per heavy atom. The number of hydrogen-bond acceptors (Lipinski definition) is 5. The van der Waals surface area contributed by atoms with Crippen LogP contribution < -0.4 is 10.2 Å². The zero-order chi connectivity index (χ0) is 20.9. The minimum atomic E-state index is -4.34. The summed E-state index contributed by atoms with van der Waals surface area (Å²) < 4.78 is 37.1. The average molecular weight is 424 g/mol. The number of alkyl halides is 3. The lowest BCUT2D eigenvalue weighted by Gasteiger charge is -2.34. The highest BCUT2D eigenvalue weighted by Crippen LogP contribution is 2.36. The number of piperazine rings is 1. The Morgan fingerprint density at radius 2 is 1.79 bits per heavy atom. The number of aromatic nitrogens is 1. The molecule has 1 fully saturated rings. The van der Waals surface area contributed by atoms with E-state index < -0.39 is 5.51 Å². The molecular weight excluding hydrogens is 401 g/mol. The van der Waals surface area contributed by atoms with Gasteiger partial charge in [0.25, 0.3) is 5.91 Å². The zero-order valence-corrected chi connectivity index (χ0v) is 16.9. The standard InChI is InChI=1S/C20H23F3N4OS/c1-2-26-9-11-27(12-10-26)18-8-3-15(13-24-18)14-25-19(28)16-4-6-17(7-5-16)29-20(21,22)23/h3-8,13H,2,9-12,14H2,1H3,(H,25,28). The lowest BCUT2D eigenvalue weighted by Crippen LogP contribution is -2.46. The number of hydrogen-bond donors (Lipinski definition) is 1. The molecule has 1 aromatic carbocycles. The predicted molar refractivity (Wildman–Crippen MR) is 108 cm³/mol. The van der Waals surface area contributed by atoms with E-state index >= 15 is 0 Å². The molecule has 1 saturated heterocycles. The number of carbonyl (C=O) groups excluding carboxylic acids is 1. The van der Waals surface area contributed by atoms with E-state index in [9.17, 15) is 18.0 Å². The second-order valence-corrected chi connectivity index (χ2v) is 7.84. The smallest absolute Gasteiger partial charge is 0.354 e. The Hall–Kier alpha value is -2.26. The number of amides is 1. The van der Waals surface area contributed by atoms with Gasteiger partial charge in [-0.25, -0.2) is 4.98 Å². The monoisotopic (exact) mass is 424 g/mol. The largest absolute Gasteiger partial charge is 0.446 e. The molecule has 156 valence electrons. The normalized spacial score (nSPS) is 15.4. The molecule has 0 bridgehead atoms. The molecule has 0 aliphatic carbocycles. The van der Waals surface area contributed by atoms with Gasteiger partial charge in [0, 0.05) is 49.4 Å². The van der Waals surface area contributed by atoms with Gasteiger partial charge in [-0.2, -0.15) is 13.2 Å². The first-order valence-electron chi connectivity index (χ1n) is 9.40. The number of anilines is 1. The lowest BCUT2D eigenvalue weighted by molar-refractivity contribution is -0.0328. The SMILES string of the molecule is CCN1CCN(c2ccc(CNC(=O)c3ccc(SC(F)(F)F)cc3)cn2)CC1. The molecule has 0 saturated carbocycles. The van der Waals surface area contributed by atoms with Crippen molar-refractivity contribution in [1.29, 1.82) is 0 Å². The second kappa shape index (κ2) is 9.49. The summed E-state index contributed by atoms with van der Waals surface area (Å²) >= 11 is -0.201. The van der Waals surface area contributed by atoms with Crippen LogP contribution in [0.3, 0.4) is 0 Å². The Morgan fingerprint density at radius 1 is 1.10 bits per heavy atom. The third-order valence-corrected chi connectivity index (χ3v) is 5.50. The first-order valence-corrected chi connectivity index (χ1v) is 10.2. The number of carbonyl (C=O) groups is 1. The maximum Gasteiger partial charge on any atom is 0.446 e. The minimum Gasteiger partial charge on any atom is -0.354 e. The number of thioether (sulfide) groups is 1. The quantitative estimate of drug-likeness (QED) is 0.716. The molecule has 1 amide bonds. The Labute approximate surface area is 172 Å². The van der Waals surface area contributed by atoms with Crippen LogP contribution in [0.1, 0.15) is 22.8 Å². The molecule has 1 aliphatic rings. The van der Waals surface area contributed by atoms with Crippen LogP contribution in [0.25, 0.3) is 0 Å². The van der Waals surface area contributed by atoms with Gasteiger partial charge in [0.05, 0.1) is 0 Å². The van der Waals surface area contributed by atoms with Crippen LogP contribution in [-0.4, -0.2) is 54.0 Å². The summed E-state index contributed by atoms with van der Waals surface area (Å²) in [5, 5.41) is 2.77. The summed E-state index contributed by atoms with van der Waals surface area (Å²) in [5.41, 5.74) is -3.17. The van der Waals surface area contributed by atoms with Crippen molar-refractivity contribution in [3.05, 3.63) is 53.7 Å². The molecule has 1 aromatic heterocycles. The van der Waals surface area contributed by atoms with Crippen molar-refractivity contribution in [2.24, 2.45) is 0 Å². The fraction of sp³-hybridized carbons (Fsp3) is 0.400. The summed E-state index contributed by atoms with van der Waals surface area (Å²) in [6, 6.07) is 9.24. The van der Waals surface area contributed by atoms with Gasteiger partial charge in [-0.3, -0.25) is 4.79 Å². The van der Waals surface area contributed by atoms with Gasteiger partial charge in [0.1, 0.15) is 5.82 Å². The molecule has 0 unspecified atom stereocenters. The van der Waals surface area contributed by atoms with Crippen molar-refractivity contribution < 1.29 is 18.0 Å². The summed E-state index contributed by atoms with van der Waals surface area (Å²) in [7, 11) is 0. The van der Waals surface area contributed by atoms with Crippen molar-refractivity contribution in [1.82, 2.24) is 15.2 Å². The van der Waals surface area contributed by atoms with Crippen LogP contribution in [0.2, 0.25) is 0 Å². The van der Waals surface area contributed by atoms with Gasteiger partial charge in [-0.15, -0.1) is 0 Å². The third kappa shape index (κ3) is 6.37. The summed E-state index contributed by atoms with van der Waals surface area (Å²) in [6.45, 7) is 7.46. The fourth-order valence-corrected chi connectivity index (χ4v) is 3.63. The van der Waals surface area contributed by atoms with Gasteiger partial charge in [0.2, 0.25) is 0 Å². The van der Waals surface area contributed by atoms with Gasteiger partial charge in [-0.05, 0) is 54.2 Å². The maximum atomic E-state index is 12.4. The molecule has 1 aliphatic heterocycles. The van der Waals surface area contributed by atoms with E-state index in [1.54, 1.807) is 6.20 Å². The minimum absolute atomic E-state index is 0.0496. The van der Waals surface area contributed by atoms with Crippen molar-refractivity contribution >= 4 is 23.5 Å². The van der Waals surface area contributed by atoms with Gasteiger partial charge >= 0.3 is 5.51 Å². The number of pyridine rings is 1. The number of benzene rings is 1. The maximum absolute atomic E-state index is 12.4. The van der Waals surface area contributed by atoms with Crippen LogP contribution in [-0.2, 0) is 6.54 Å². The molecule has 3 rings (SSSR count). The van der Waals surface area contributed by atoms with Crippen molar-refractivity contribution in [2.45, 2.75) is 23.9 Å². The number of rotatable bonds is 6. The summed E-state index contributed by atoms with van der Waals surface area (Å²) in [4.78, 5) is 21.4. The number of nitrogens with one attached hydrogen (secondary N) is 1. The van der Waals surface area contributed by atoms with E-state index in [0.29, 0.717) is 12.1 Å². The van der Waals surface area contributed by atoms with Crippen molar-refractivity contribution in [2.75, 3.05) is 37.6 Å². The first-order chi connectivity index (χ1) is 13.8. The fourth-order valence-electron chi connectivity index (χ4n) is 3.09. The summed E-state index contributed by atoms with van der Waals surface area (Å²) in [5.74, 6) is 0.585. The van der Waals surface area contributed by atoms with Crippen LogP contribution in [0.4, 0.5) is 19.0 Å². The van der Waals surface area contributed by atoms with E-state index in [1.807, 2.05) is 12.1 Å². The van der Waals surface area contributed by atoms with Crippen molar-refractivity contribution in [3.63, 3.8) is 0 Å². The topological polar surface area (TPSA) is 48.5 Å². The van der Waals surface area contributed by atoms with E-state index in [1.165, 1.54) is 24.3 Å². The van der Waals surface area contributed by atoms with Gasteiger partial charge in [0.15, 0.2) is 0 Å². The Bertz CT molecular complexity index is 804. The molecule has 2 heterocycles.